The van der Waals surface area contributed by atoms with E-state index < -0.39 is 35.0 Å². The van der Waals surface area contributed by atoms with Gasteiger partial charge in [0.25, 0.3) is 0 Å². The Kier molecular flexibility index (Phi) is 6.71. The van der Waals surface area contributed by atoms with E-state index in [1.54, 1.807) is 36.1 Å². The van der Waals surface area contributed by atoms with Gasteiger partial charge in [0, 0.05) is 23.9 Å². The smallest absolute Gasteiger partial charge is 0.312 e. The van der Waals surface area contributed by atoms with Crippen LogP contribution in [-0.4, -0.2) is 64.8 Å². The Balaban J connectivity index is 1.67. The molecule has 2 bridgehead atoms. The second kappa shape index (κ2) is 9.24. The summed E-state index contributed by atoms with van der Waals surface area (Å²) in [6, 6.07) is 5.91. The van der Waals surface area contributed by atoms with E-state index in [1.807, 2.05) is 6.92 Å². The lowest BCUT2D eigenvalue weighted by atomic mass is 9.66. The minimum absolute atomic E-state index is 0.0768. The number of aliphatic hydroxyl groups is 1. The van der Waals surface area contributed by atoms with E-state index in [4.69, 9.17) is 26.2 Å². The molecule has 3 saturated heterocycles. The second-order valence-corrected chi connectivity index (χ2v) is 9.73. The van der Waals surface area contributed by atoms with Gasteiger partial charge in [0.1, 0.15) is 17.6 Å². The van der Waals surface area contributed by atoms with Gasteiger partial charge in [0.15, 0.2) is 0 Å². The molecule has 1 aromatic carbocycles. The van der Waals surface area contributed by atoms with Gasteiger partial charge >= 0.3 is 5.97 Å². The first-order chi connectivity index (χ1) is 15.8. The molecule has 3 aliphatic heterocycles. The number of amides is 2. The average Bonchev–Trinajstić information content (AvgIpc) is 3.34. The van der Waals surface area contributed by atoms with Gasteiger partial charge < -0.3 is 24.8 Å². The summed E-state index contributed by atoms with van der Waals surface area (Å²) in [5.74, 6) is -2.53. The largest absolute Gasteiger partial charge is 0.466 e. The molecule has 4 rings (SSSR count). The van der Waals surface area contributed by atoms with Gasteiger partial charge in [-0.25, -0.2) is 0 Å². The number of esters is 1. The van der Waals surface area contributed by atoms with Crippen LogP contribution >= 0.6 is 11.6 Å². The van der Waals surface area contributed by atoms with Crippen molar-refractivity contribution in [1.82, 2.24) is 4.90 Å². The number of benzene rings is 1. The number of aliphatic hydroxyl groups excluding tert-OH is 1. The summed E-state index contributed by atoms with van der Waals surface area (Å²) in [6.07, 6.45) is 3.08. The van der Waals surface area contributed by atoms with E-state index in [2.05, 4.69) is 5.32 Å². The van der Waals surface area contributed by atoms with Crippen molar-refractivity contribution in [1.29, 1.82) is 0 Å². The number of carbonyl (C=O) groups is 3. The maximum absolute atomic E-state index is 13.7. The molecule has 2 unspecified atom stereocenters. The lowest BCUT2D eigenvalue weighted by molar-refractivity contribution is -0.158. The highest BCUT2D eigenvalue weighted by Gasteiger charge is 2.78. The highest BCUT2D eigenvalue weighted by atomic mass is 35.5. The second-order valence-electron chi connectivity index (χ2n) is 9.29. The molecule has 1 aromatic rings. The summed E-state index contributed by atoms with van der Waals surface area (Å²) in [5, 5.41) is 12.6. The van der Waals surface area contributed by atoms with E-state index in [0.717, 1.165) is 6.42 Å². The quantitative estimate of drug-likeness (QED) is 0.417. The first kappa shape index (κ1) is 24.0. The molecular weight excluding hydrogens is 448 g/mol. The lowest BCUT2D eigenvalue weighted by Crippen LogP contribution is -2.53. The summed E-state index contributed by atoms with van der Waals surface area (Å²) in [7, 11) is 0. The van der Waals surface area contributed by atoms with Crippen LogP contribution in [0.2, 0.25) is 5.02 Å². The molecule has 0 aromatic heterocycles. The van der Waals surface area contributed by atoms with Crippen molar-refractivity contribution in [2.75, 3.05) is 25.1 Å². The minimum Gasteiger partial charge on any atom is -0.466 e. The fraction of sp³-hybridized carbons (Fsp3) is 0.625. The molecule has 0 radical (unpaired) electrons. The molecule has 3 aliphatic rings. The standard InChI is InChI=1S/C24H31ClN2O6/c1-3-32-22(31)18-17-21(30)27(13-5-4-6-14-28)19(24(17)12-11-23(18,2)33-24)20(29)26-16-9-7-15(25)8-10-16/h7-10,17-19,28H,3-6,11-14H2,1-2H3,(H,26,29)/t17-,18-,19?,23+,24?/m0/s1. The van der Waals surface area contributed by atoms with Crippen molar-refractivity contribution in [3.8, 4) is 0 Å². The molecule has 33 heavy (non-hydrogen) atoms. The summed E-state index contributed by atoms with van der Waals surface area (Å²) in [5.41, 5.74) is -1.34. The van der Waals surface area contributed by atoms with E-state index >= 15 is 0 Å². The zero-order chi connectivity index (χ0) is 23.8. The number of hydrogen-bond donors (Lipinski definition) is 2. The Bertz CT molecular complexity index is 924. The molecule has 0 saturated carbocycles. The highest BCUT2D eigenvalue weighted by Crippen LogP contribution is 2.63. The number of anilines is 1. The molecule has 1 spiro atoms. The van der Waals surface area contributed by atoms with Crippen molar-refractivity contribution in [2.24, 2.45) is 11.8 Å². The summed E-state index contributed by atoms with van der Waals surface area (Å²) < 4.78 is 11.8. The van der Waals surface area contributed by atoms with Crippen LogP contribution in [0.4, 0.5) is 5.69 Å². The van der Waals surface area contributed by atoms with Gasteiger partial charge in [-0.05, 0) is 70.2 Å². The first-order valence-electron chi connectivity index (χ1n) is 11.6. The van der Waals surface area contributed by atoms with Crippen LogP contribution in [-0.2, 0) is 23.9 Å². The third kappa shape index (κ3) is 4.02. The Morgan fingerprint density at radius 1 is 1.24 bits per heavy atom. The molecular formula is C24H31ClN2O6. The number of nitrogens with one attached hydrogen (secondary N) is 1. The summed E-state index contributed by atoms with van der Waals surface area (Å²) in [4.78, 5) is 41.8. The van der Waals surface area contributed by atoms with Gasteiger partial charge in [0.2, 0.25) is 11.8 Å². The maximum atomic E-state index is 13.7. The predicted molar refractivity (Wildman–Crippen MR) is 122 cm³/mol. The molecule has 9 heteroatoms. The number of ether oxygens (including phenoxy) is 2. The monoisotopic (exact) mass is 478 g/mol. The summed E-state index contributed by atoms with van der Waals surface area (Å²) in [6.45, 7) is 4.22. The maximum Gasteiger partial charge on any atom is 0.312 e. The van der Waals surface area contributed by atoms with Crippen LogP contribution in [0.1, 0.15) is 46.0 Å². The Labute approximate surface area is 198 Å². The summed E-state index contributed by atoms with van der Waals surface area (Å²) >= 11 is 5.96. The fourth-order valence-corrected chi connectivity index (χ4v) is 6.00. The molecule has 2 N–H and O–H groups in total. The molecule has 180 valence electrons. The Morgan fingerprint density at radius 3 is 2.64 bits per heavy atom. The topological polar surface area (TPSA) is 105 Å². The number of unbranched alkanes of at least 4 members (excludes halogenated alkanes) is 2. The van der Waals surface area contributed by atoms with Gasteiger partial charge in [-0.2, -0.15) is 0 Å². The zero-order valence-electron chi connectivity index (χ0n) is 19.0. The number of hydrogen-bond acceptors (Lipinski definition) is 6. The van der Waals surface area contributed by atoms with Crippen LogP contribution in [0.15, 0.2) is 24.3 Å². The Morgan fingerprint density at radius 2 is 1.97 bits per heavy atom. The lowest BCUT2D eigenvalue weighted by Gasteiger charge is -2.33. The van der Waals surface area contributed by atoms with Crippen molar-refractivity contribution in [3.63, 3.8) is 0 Å². The molecule has 3 heterocycles. The van der Waals surface area contributed by atoms with Crippen molar-refractivity contribution in [3.05, 3.63) is 29.3 Å². The van der Waals surface area contributed by atoms with Gasteiger partial charge in [-0.3, -0.25) is 14.4 Å². The zero-order valence-corrected chi connectivity index (χ0v) is 19.8. The van der Waals surface area contributed by atoms with Crippen molar-refractivity contribution >= 4 is 35.1 Å². The fourth-order valence-electron chi connectivity index (χ4n) is 5.87. The van der Waals surface area contributed by atoms with Crippen LogP contribution in [0.5, 0.6) is 0 Å². The third-order valence-electron chi connectivity index (χ3n) is 7.23. The third-order valence-corrected chi connectivity index (χ3v) is 7.49. The van der Waals surface area contributed by atoms with E-state index in [-0.39, 0.29) is 25.0 Å². The van der Waals surface area contributed by atoms with Crippen molar-refractivity contribution < 1.29 is 29.0 Å². The normalized spacial score (nSPS) is 32.2. The van der Waals surface area contributed by atoms with Gasteiger partial charge in [0.05, 0.1) is 18.1 Å². The molecule has 8 nitrogen and oxygen atoms in total. The first-order valence-corrected chi connectivity index (χ1v) is 12.0. The number of fused-ring (bicyclic) bond motifs is 1. The van der Waals surface area contributed by atoms with E-state index in [1.165, 1.54) is 0 Å². The number of likely N-dealkylation sites (tertiary alicyclic amines) is 1. The van der Waals surface area contributed by atoms with Crippen LogP contribution in [0.3, 0.4) is 0 Å². The molecule has 2 amide bonds. The SMILES string of the molecule is CCOC(=O)[C@@H]1[C@H]2C(=O)N(CCCCCO)C(C(=O)Nc3ccc(Cl)cc3)C23CC[C@@]1(C)O3. The van der Waals surface area contributed by atoms with Gasteiger partial charge in [-0.1, -0.05) is 11.6 Å². The average molecular weight is 479 g/mol. The molecule has 0 aliphatic carbocycles. The minimum atomic E-state index is -1.07. The van der Waals surface area contributed by atoms with Crippen LogP contribution in [0, 0.1) is 11.8 Å². The molecule has 3 fully saturated rings. The van der Waals surface area contributed by atoms with E-state index in [9.17, 15) is 14.4 Å². The number of rotatable bonds is 9. The Hall–Kier alpha value is -2.16. The van der Waals surface area contributed by atoms with E-state index in [0.29, 0.717) is 42.9 Å². The van der Waals surface area contributed by atoms with Gasteiger partial charge in [-0.15, -0.1) is 0 Å². The molecule has 5 atom stereocenters. The number of halogens is 1. The number of carbonyl (C=O) groups excluding carboxylic acids is 3. The van der Waals surface area contributed by atoms with Crippen LogP contribution in [0.25, 0.3) is 0 Å². The highest BCUT2D eigenvalue weighted by molar-refractivity contribution is 6.30. The van der Waals surface area contributed by atoms with Crippen molar-refractivity contribution in [2.45, 2.75) is 63.2 Å². The predicted octanol–water partition coefficient (Wildman–Crippen LogP) is 2.77. The van der Waals surface area contributed by atoms with Crippen LogP contribution < -0.4 is 5.32 Å². The number of nitrogens with zero attached hydrogens (tertiary/aromatic N) is 1.